The molecule has 0 fully saturated rings. The lowest BCUT2D eigenvalue weighted by Crippen LogP contribution is -2.19. The molecule has 0 aromatic rings. The number of carbonyl (C=O) groups is 3. The fourth-order valence-electron chi connectivity index (χ4n) is 8.03. The second kappa shape index (κ2) is 49.9. The highest BCUT2D eigenvalue weighted by atomic mass is 16.1. The first-order valence-electron chi connectivity index (χ1n) is 28.5. The van der Waals surface area contributed by atoms with Crippen LogP contribution in [0.1, 0.15) is 360 Å². The zero-order valence-electron chi connectivity index (χ0n) is 45.9. The predicted octanol–water partition coefficient (Wildman–Crippen LogP) is 21.9. The SMILES string of the molecule is C.CCCCCCCCCCCCCC(=O)C(C)(C)C.CCCCCCCCCCCCCCCC(=O)C(C)(C)C.CCCCCCCCCCCCCCCCCC(=O)C(C)(C)C. The molecule has 0 heterocycles. The molecule has 0 bridgehead atoms. The minimum Gasteiger partial charge on any atom is -0.299 e. The Morgan fingerprint density at radius 3 is 0.438 bits per heavy atom. The van der Waals surface area contributed by atoms with Gasteiger partial charge in [0.25, 0.3) is 0 Å². The Balaban J connectivity index is -0.000000421. The van der Waals surface area contributed by atoms with Crippen LogP contribution in [0.3, 0.4) is 0 Å². The smallest absolute Gasteiger partial charge is 0.138 e. The van der Waals surface area contributed by atoms with Gasteiger partial charge >= 0.3 is 0 Å². The quantitative estimate of drug-likeness (QED) is 0.0574. The molecule has 0 spiro atoms. The summed E-state index contributed by atoms with van der Waals surface area (Å²) >= 11 is 0. The van der Waals surface area contributed by atoms with E-state index in [1.165, 1.54) is 231 Å². The highest BCUT2D eigenvalue weighted by Crippen LogP contribution is 2.22. The monoisotopic (exact) mass is 905 g/mol. The molecule has 0 aliphatic heterocycles. The van der Waals surface area contributed by atoms with E-state index in [-0.39, 0.29) is 23.7 Å². The van der Waals surface area contributed by atoms with Gasteiger partial charge in [-0.2, -0.15) is 0 Å². The van der Waals surface area contributed by atoms with E-state index < -0.39 is 0 Å². The van der Waals surface area contributed by atoms with Gasteiger partial charge in [0, 0.05) is 35.5 Å². The van der Waals surface area contributed by atoms with Crippen molar-refractivity contribution >= 4 is 17.3 Å². The lowest BCUT2D eigenvalue weighted by Gasteiger charge is -2.16. The normalized spacial score (nSPS) is 11.6. The van der Waals surface area contributed by atoms with Crippen LogP contribution < -0.4 is 0 Å². The third-order valence-corrected chi connectivity index (χ3v) is 13.0. The minimum atomic E-state index is -0.143. The number of carbonyl (C=O) groups excluding carboxylic acids is 3. The van der Waals surface area contributed by atoms with Gasteiger partial charge in [0.05, 0.1) is 0 Å². The summed E-state index contributed by atoms with van der Waals surface area (Å²) in [5, 5.41) is 0. The first-order chi connectivity index (χ1) is 29.9. The van der Waals surface area contributed by atoms with Gasteiger partial charge in [0.1, 0.15) is 17.3 Å². The second-order valence-electron chi connectivity index (χ2n) is 23.0. The maximum atomic E-state index is 11.8. The van der Waals surface area contributed by atoms with Crippen molar-refractivity contribution in [1.82, 2.24) is 0 Å². The Kier molecular flexibility index (Phi) is 54.3. The zero-order valence-corrected chi connectivity index (χ0v) is 45.9. The lowest BCUT2D eigenvalue weighted by atomic mass is 9.88. The first kappa shape index (κ1) is 69.6. The van der Waals surface area contributed by atoms with Gasteiger partial charge in [0.15, 0.2) is 0 Å². The molecule has 0 saturated heterocycles. The zero-order chi connectivity index (χ0) is 47.9. The summed E-state index contributed by atoms with van der Waals surface area (Å²) in [7, 11) is 0. The van der Waals surface area contributed by atoms with Crippen molar-refractivity contribution in [3.05, 3.63) is 0 Å². The number of ketones is 3. The van der Waals surface area contributed by atoms with Crippen molar-refractivity contribution in [2.45, 2.75) is 360 Å². The number of hydrogen-bond acceptors (Lipinski definition) is 3. The topological polar surface area (TPSA) is 51.2 Å². The molecule has 3 nitrogen and oxygen atoms in total. The van der Waals surface area contributed by atoms with Crippen molar-refractivity contribution in [3.63, 3.8) is 0 Å². The van der Waals surface area contributed by atoms with Crippen LogP contribution in [0, 0.1) is 16.2 Å². The molecule has 386 valence electrons. The van der Waals surface area contributed by atoms with Crippen molar-refractivity contribution < 1.29 is 14.4 Å². The van der Waals surface area contributed by atoms with Gasteiger partial charge < -0.3 is 0 Å². The van der Waals surface area contributed by atoms with Gasteiger partial charge in [-0.05, 0) is 19.3 Å². The van der Waals surface area contributed by atoms with E-state index in [0.29, 0.717) is 17.3 Å². The minimum absolute atomic E-state index is 0. The fraction of sp³-hybridized carbons (Fsp3) is 0.951. The summed E-state index contributed by atoms with van der Waals surface area (Å²) in [5.74, 6) is 1.26. The summed E-state index contributed by atoms with van der Waals surface area (Å²) in [6.45, 7) is 25.1. The lowest BCUT2D eigenvalue weighted by molar-refractivity contribution is -0.127. The molecule has 0 aromatic carbocycles. The molecule has 0 unspecified atom stereocenters. The van der Waals surface area contributed by atoms with Crippen LogP contribution in [0.2, 0.25) is 0 Å². The fourth-order valence-corrected chi connectivity index (χ4v) is 8.03. The van der Waals surface area contributed by atoms with Crippen molar-refractivity contribution in [1.29, 1.82) is 0 Å². The van der Waals surface area contributed by atoms with E-state index in [2.05, 4.69) is 20.8 Å². The highest BCUT2D eigenvalue weighted by molar-refractivity contribution is 5.84. The Morgan fingerprint density at radius 2 is 0.328 bits per heavy atom. The summed E-state index contributed by atoms with van der Waals surface area (Å²) in [4.78, 5) is 35.3. The van der Waals surface area contributed by atoms with Gasteiger partial charge in [-0.15, -0.1) is 0 Å². The average molecular weight is 906 g/mol. The Hall–Kier alpha value is -0.990. The molecule has 0 saturated carbocycles. The van der Waals surface area contributed by atoms with Gasteiger partial charge in [-0.3, -0.25) is 14.4 Å². The first-order valence-corrected chi connectivity index (χ1v) is 28.5. The van der Waals surface area contributed by atoms with Crippen LogP contribution in [0.25, 0.3) is 0 Å². The summed E-state index contributed by atoms with van der Waals surface area (Å²) < 4.78 is 0. The second-order valence-corrected chi connectivity index (χ2v) is 23.0. The van der Waals surface area contributed by atoms with Gasteiger partial charge in [0.2, 0.25) is 0 Å². The molecule has 64 heavy (non-hydrogen) atoms. The van der Waals surface area contributed by atoms with Crippen LogP contribution in [-0.4, -0.2) is 17.3 Å². The number of unbranched alkanes of at least 4 members (excludes halogenated alkanes) is 36. The summed E-state index contributed by atoms with van der Waals surface area (Å²) in [5.41, 5.74) is -0.425. The van der Waals surface area contributed by atoms with Gasteiger partial charge in [-0.25, -0.2) is 0 Å². The van der Waals surface area contributed by atoms with Crippen molar-refractivity contribution in [2.24, 2.45) is 16.2 Å². The molecule has 0 rings (SSSR count). The number of hydrogen-bond donors (Lipinski definition) is 0. The number of rotatable bonds is 42. The Bertz CT molecular complexity index is 957. The van der Waals surface area contributed by atoms with E-state index in [1.54, 1.807) is 0 Å². The largest absolute Gasteiger partial charge is 0.299 e. The molecule has 0 aliphatic carbocycles. The molecule has 0 atom stereocenters. The molecule has 0 radical (unpaired) electrons. The van der Waals surface area contributed by atoms with Crippen LogP contribution >= 0.6 is 0 Å². The number of Topliss-reactive ketones (excluding diaryl/α,β-unsaturated/α-hetero) is 3. The summed E-state index contributed by atoms with van der Waals surface area (Å²) in [6.07, 6.45) is 55.6. The van der Waals surface area contributed by atoms with Crippen molar-refractivity contribution in [2.75, 3.05) is 0 Å². The van der Waals surface area contributed by atoms with Crippen LogP contribution in [0.5, 0.6) is 0 Å². The molecular formula is C61H124O3. The van der Waals surface area contributed by atoms with E-state index in [4.69, 9.17) is 0 Å². The maximum Gasteiger partial charge on any atom is 0.138 e. The predicted molar refractivity (Wildman–Crippen MR) is 291 cm³/mol. The van der Waals surface area contributed by atoms with E-state index in [9.17, 15) is 14.4 Å². The third kappa shape index (κ3) is 57.1. The van der Waals surface area contributed by atoms with Crippen LogP contribution in [-0.2, 0) is 14.4 Å². The molecule has 0 aromatic heterocycles. The van der Waals surface area contributed by atoms with E-state index in [1.807, 2.05) is 62.3 Å². The van der Waals surface area contributed by atoms with Crippen molar-refractivity contribution in [3.8, 4) is 0 Å². The Labute approximate surface area is 406 Å². The molecule has 0 amide bonds. The molecular weight excluding hydrogens is 781 g/mol. The standard InChI is InChI=1S/C22H44O.C20H40O.C18H36O.CH4/c1-5-6-7-8-9-10-11-12-13-14-15-16-17-18-19-20-21(23)22(2,3)4;1-5-6-7-8-9-10-11-12-13-14-15-16-17-18-19(21)20(2,3)4;1-5-6-7-8-9-10-11-12-13-14-15-16-17(19)18(2,3)4;/h5-20H2,1-4H3;5-18H2,1-4H3;5-16H2,1-4H3;1H4. The highest BCUT2D eigenvalue weighted by Gasteiger charge is 2.21. The van der Waals surface area contributed by atoms with E-state index >= 15 is 0 Å². The van der Waals surface area contributed by atoms with Crippen LogP contribution in [0.4, 0.5) is 0 Å². The van der Waals surface area contributed by atoms with Crippen LogP contribution in [0.15, 0.2) is 0 Å². The van der Waals surface area contributed by atoms with E-state index in [0.717, 1.165) is 38.5 Å². The molecule has 3 heteroatoms. The maximum absolute atomic E-state index is 11.8. The summed E-state index contributed by atoms with van der Waals surface area (Å²) in [6, 6.07) is 0. The average Bonchev–Trinajstić information content (AvgIpc) is 3.22. The Morgan fingerprint density at radius 1 is 0.219 bits per heavy atom. The third-order valence-electron chi connectivity index (χ3n) is 13.0. The molecule has 0 aliphatic rings. The van der Waals surface area contributed by atoms with Gasteiger partial charge in [-0.1, -0.05) is 322 Å². The molecule has 0 N–H and O–H groups in total.